The van der Waals surface area contributed by atoms with Crippen LogP contribution in [0, 0.1) is 17.2 Å². The summed E-state index contributed by atoms with van der Waals surface area (Å²) in [6, 6.07) is 2.37. The quantitative estimate of drug-likeness (QED) is 0.579. The van der Waals surface area contributed by atoms with Crippen molar-refractivity contribution in [1.29, 1.82) is 5.26 Å². The lowest BCUT2D eigenvalue weighted by Gasteiger charge is -2.21. The smallest absolute Gasteiger partial charge is 0.263 e. The van der Waals surface area contributed by atoms with Gasteiger partial charge in [0.2, 0.25) is 0 Å². The van der Waals surface area contributed by atoms with Crippen LogP contribution in [0.5, 0.6) is 0 Å². The lowest BCUT2D eigenvalue weighted by atomic mass is 9.96. The summed E-state index contributed by atoms with van der Waals surface area (Å²) in [5.74, 6) is 0.106. The van der Waals surface area contributed by atoms with Gasteiger partial charge >= 0.3 is 0 Å². The Morgan fingerprint density at radius 2 is 2.06 bits per heavy atom. The lowest BCUT2D eigenvalue weighted by molar-refractivity contribution is -0.117. The summed E-state index contributed by atoms with van der Waals surface area (Å²) in [4.78, 5) is 11.7. The first kappa shape index (κ1) is 14.6. The van der Waals surface area contributed by atoms with E-state index in [4.69, 9.17) is 5.26 Å². The summed E-state index contributed by atoms with van der Waals surface area (Å²) in [7, 11) is 0. The van der Waals surface area contributed by atoms with Crippen molar-refractivity contribution < 1.29 is 4.79 Å². The van der Waals surface area contributed by atoms with Crippen LogP contribution >= 0.6 is 0 Å². The lowest BCUT2D eigenvalue weighted by Crippen LogP contribution is -2.31. The van der Waals surface area contributed by atoms with Crippen molar-refractivity contribution in [1.82, 2.24) is 10.6 Å². The standard InChI is InChI=1S/C14H23N3O/c1-11(2)9-17-14(18)12(8-15)10-16-13-6-4-3-5-7-13/h10-11,13,16H,3-7,9H2,1-2H3,(H,17,18)/b12-10-. The first-order valence-electron chi connectivity index (χ1n) is 6.78. The van der Waals surface area contributed by atoms with Gasteiger partial charge in [-0.15, -0.1) is 0 Å². The molecule has 4 nitrogen and oxygen atoms in total. The Hall–Kier alpha value is -1.50. The zero-order valence-electron chi connectivity index (χ0n) is 11.3. The molecule has 2 N–H and O–H groups in total. The summed E-state index contributed by atoms with van der Waals surface area (Å²) in [5.41, 5.74) is 0.168. The summed E-state index contributed by atoms with van der Waals surface area (Å²) in [6.07, 6.45) is 7.58. The molecule has 0 atom stereocenters. The molecule has 0 unspecified atom stereocenters. The molecule has 0 aromatic heterocycles. The zero-order chi connectivity index (χ0) is 13.4. The second-order valence-corrected chi connectivity index (χ2v) is 5.28. The average molecular weight is 249 g/mol. The zero-order valence-corrected chi connectivity index (χ0v) is 11.3. The third-order valence-corrected chi connectivity index (χ3v) is 3.10. The molecule has 0 heterocycles. The SMILES string of the molecule is CC(C)CNC(=O)/C(C#N)=C\NC1CCCCC1. The second kappa shape index (κ2) is 7.75. The number of nitrogens with zero attached hydrogens (tertiary/aromatic N) is 1. The molecule has 0 radical (unpaired) electrons. The minimum Gasteiger partial charge on any atom is -0.387 e. The molecule has 1 rings (SSSR count). The molecule has 0 spiro atoms. The predicted octanol–water partition coefficient (Wildman–Crippen LogP) is 2.09. The normalized spacial score (nSPS) is 17.3. The van der Waals surface area contributed by atoms with E-state index in [9.17, 15) is 4.79 Å². The van der Waals surface area contributed by atoms with Crippen LogP contribution in [0.3, 0.4) is 0 Å². The maximum atomic E-state index is 11.7. The Morgan fingerprint density at radius 3 is 2.61 bits per heavy atom. The molecular weight excluding hydrogens is 226 g/mol. The molecule has 1 saturated carbocycles. The van der Waals surface area contributed by atoms with Crippen molar-refractivity contribution in [2.24, 2.45) is 5.92 Å². The molecule has 1 fully saturated rings. The van der Waals surface area contributed by atoms with E-state index in [2.05, 4.69) is 10.6 Å². The van der Waals surface area contributed by atoms with Gasteiger partial charge in [0.1, 0.15) is 11.6 Å². The number of carbonyl (C=O) groups excluding carboxylic acids is 1. The van der Waals surface area contributed by atoms with Gasteiger partial charge in [-0.05, 0) is 18.8 Å². The van der Waals surface area contributed by atoms with Gasteiger partial charge in [0, 0.05) is 18.8 Å². The highest BCUT2D eigenvalue weighted by Gasteiger charge is 2.13. The predicted molar refractivity (Wildman–Crippen MR) is 71.6 cm³/mol. The first-order valence-corrected chi connectivity index (χ1v) is 6.78. The van der Waals surface area contributed by atoms with Crippen molar-refractivity contribution in [3.8, 4) is 6.07 Å². The fraction of sp³-hybridized carbons (Fsp3) is 0.714. The van der Waals surface area contributed by atoms with Gasteiger partial charge in [0.25, 0.3) is 5.91 Å². The molecular formula is C14H23N3O. The van der Waals surface area contributed by atoms with Gasteiger partial charge in [-0.2, -0.15) is 5.26 Å². The maximum Gasteiger partial charge on any atom is 0.263 e. The largest absolute Gasteiger partial charge is 0.387 e. The molecule has 0 aromatic rings. The van der Waals surface area contributed by atoms with Crippen molar-refractivity contribution >= 4 is 5.91 Å². The van der Waals surface area contributed by atoms with Crippen LogP contribution in [0.25, 0.3) is 0 Å². The van der Waals surface area contributed by atoms with Crippen LogP contribution in [-0.2, 0) is 4.79 Å². The van der Waals surface area contributed by atoms with Gasteiger partial charge in [-0.25, -0.2) is 0 Å². The van der Waals surface area contributed by atoms with E-state index < -0.39 is 0 Å². The summed E-state index contributed by atoms with van der Waals surface area (Å²) in [5, 5.41) is 14.9. The maximum absolute atomic E-state index is 11.7. The van der Waals surface area contributed by atoms with E-state index >= 15 is 0 Å². The highest BCUT2D eigenvalue weighted by atomic mass is 16.1. The Kier molecular flexibility index (Phi) is 6.27. The van der Waals surface area contributed by atoms with Gasteiger partial charge in [0.15, 0.2) is 0 Å². The third-order valence-electron chi connectivity index (χ3n) is 3.10. The highest BCUT2D eigenvalue weighted by Crippen LogP contribution is 2.17. The van der Waals surface area contributed by atoms with Crippen LogP contribution < -0.4 is 10.6 Å². The van der Waals surface area contributed by atoms with E-state index in [0.717, 1.165) is 12.8 Å². The molecule has 0 saturated heterocycles. The van der Waals surface area contributed by atoms with Crippen LogP contribution in [0.2, 0.25) is 0 Å². The van der Waals surface area contributed by atoms with E-state index in [1.807, 2.05) is 19.9 Å². The summed E-state index contributed by atoms with van der Waals surface area (Å²) >= 11 is 0. The van der Waals surface area contributed by atoms with Gasteiger partial charge < -0.3 is 10.6 Å². The Balaban J connectivity index is 2.43. The first-order chi connectivity index (χ1) is 8.63. The van der Waals surface area contributed by atoms with Crippen molar-refractivity contribution in [2.75, 3.05) is 6.54 Å². The Morgan fingerprint density at radius 1 is 1.39 bits per heavy atom. The number of nitriles is 1. The van der Waals surface area contributed by atoms with Gasteiger partial charge in [-0.3, -0.25) is 4.79 Å². The molecule has 1 amide bonds. The topological polar surface area (TPSA) is 64.9 Å². The van der Waals surface area contributed by atoms with Crippen LogP contribution in [0.1, 0.15) is 46.0 Å². The number of hydrogen-bond acceptors (Lipinski definition) is 3. The van der Waals surface area contributed by atoms with E-state index in [1.165, 1.54) is 19.3 Å². The van der Waals surface area contributed by atoms with Crippen molar-refractivity contribution in [2.45, 2.75) is 52.0 Å². The molecule has 0 aromatic carbocycles. The highest BCUT2D eigenvalue weighted by molar-refractivity contribution is 5.97. The average Bonchev–Trinajstić information content (AvgIpc) is 2.38. The van der Waals surface area contributed by atoms with E-state index in [-0.39, 0.29) is 11.5 Å². The molecule has 1 aliphatic rings. The molecule has 1 aliphatic carbocycles. The fourth-order valence-electron chi connectivity index (χ4n) is 2.01. The number of hydrogen-bond donors (Lipinski definition) is 2. The molecule has 18 heavy (non-hydrogen) atoms. The molecule has 0 bridgehead atoms. The summed E-state index contributed by atoms with van der Waals surface area (Å²) < 4.78 is 0. The number of carbonyl (C=O) groups is 1. The van der Waals surface area contributed by atoms with E-state index in [1.54, 1.807) is 6.20 Å². The Labute approximate surface area is 109 Å². The fourth-order valence-corrected chi connectivity index (χ4v) is 2.01. The minimum absolute atomic E-state index is 0.168. The van der Waals surface area contributed by atoms with Crippen LogP contribution in [0.4, 0.5) is 0 Å². The third kappa shape index (κ3) is 5.22. The number of amides is 1. The minimum atomic E-state index is -0.283. The van der Waals surface area contributed by atoms with Gasteiger partial charge in [-0.1, -0.05) is 33.1 Å². The summed E-state index contributed by atoms with van der Waals surface area (Å²) in [6.45, 7) is 4.65. The molecule has 4 heteroatoms. The van der Waals surface area contributed by atoms with Crippen LogP contribution in [-0.4, -0.2) is 18.5 Å². The Bertz CT molecular complexity index is 335. The second-order valence-electron chi connectivity index (χ2n) is 5.28. The van der Waals surface area contributed by atoms with Crippen LogP contribution in [0.15, 0.2) is 11.8 Å². The van der Waals surface area contributed by atoms with Crippen molar-refractivity contribution in [3.05, 3.63) is 11.8 Å². The van der Waals surface area contributed by atoms with Crippen molar-refractivity contribution in [3.63, 3.8) is 0 Å². The van der Waals surface area contributed by atoms with Gasteiger partial charge in [0.05, 0.1) is 0 Å². The number of rotatable bonds is 5. The molecule has 0 aliphatic heterocycles. The molecule has 100 valence electrons. The van der Waals surface area contributed by atoms with E-state index in [0.29, 0.717) is 18.5 Å². The monoisotopic (exact) mass is 249 g/mol. The number of nitrogens with one attached hydrogen (secondary N) is 2.